The average molecular weight is 409 g/mol. The SMILES string of the molecule is COc1ccc(-c2cc3n(n2)C2(Oc4ccccc4-3)C(=O)N(C)c3ccccc32)cc1. The van der Waals surface area contributed by atoms with Crippen molar-refractivity contribution in [2.75, 3.05) is 19.1 Å². The predicted octanol–water partition coefficient (Wildman–Crippen LogP) is 4.30. The third kappa shape index (κ3) is 2.27. The maximum absolute atomic E-state index is 13.7. The van der Waals surface area contributed by atoms with Gasteiger partial charge in [-0.3, -0.25) is 4.79 Å². The lowest BCUT2D eigenvalue weighted by atomic mass is 9.99. The van der Waals surface area contributed by atoms with E-state index in [0.29, 0.717) is 5.75 Å². The van der Waals surface area contributed by atoms with E-state index < -0.39 is 5.72 Å². The van der Waals surface area contributed by atoms with Crippen LogP contribution in [0.25, 0.3) is 22.5 Å². The Labute approximate surface area is 179 Å². The van der Waals surface area contributed by atoms with Gasteiger partial charge in [0.25, 0.3) is 5.91 Å². The Bertz CT molecular complexity index is 1340. The first-order valence-corrected chi connectivity index (χ1v) is 10.0. The fourth-order valence-corrected chi connectivity index (χ4v) is 4.49. The number of methoxy groups -OCH3 is 1. The molecule has 1 atom stereocenters. The van der Waals surface area contributed by atoms with Gasteiger partial charge >= 0.3 is 5.72 Å². The molecule has 1 amide bonds. The smallest absolute Gasteiger partial charge is 0.310 e. The number of likely N-dealkylation sites (N-methyl/N-ethyl adjacent to an activating group) is 1. The molecule has 1 unspecified atom stereocenters. The highest BCUT2D eigenvalue weighted by Crippen LogP contribution is 2.50. The summed E-state index contributed by atoms with van der Waals surface area (Å²) >= 11 is 0. The first kappa shape index (κ1) is 17.8. The Hall–Kier alpha value is -4.06. The lowest BCUT2D eigenvalue weighted by Crippen LogP contribution is -2.51. The number of carbonyl (C=O) groups excluding carboxylic acids is 1. The number of nitrogens with zero attached hydrogens (tertiary/aromatic N) is 3. The third-order valence-corrected chi connectivity index (χ3v) is 6.04. The summed E-state index contributed by atoms with van der Waals surface area (Å²) in [6.45, 7) is 0. The summed E-state index contributed by atoms with van der Waals surface area (Å²) in [5.41, 5.74) is 3.66. The minimum atomic E-state index is -1.38. The van der Waals surface area contributed by atoms with Gasteiger partial charge in [0.2, 0.25) is 0 Å². The van der Waals surface area contributed by atoms with Gasteiger partial charge in [-0.15, -0.1) is 0 Å². The molecule has 3 heterocycles. The van der Waals surface area contributed by atoms with Crippen LogP contribution in [-0.2, 0) is 10.5 Å². The predicted molar refractivity (Wildman–Crippen MR) is 117 cm³/mol. The van der Waals surface area contributed by atoms with Gasteiger partial charge in [0.05, 0.1) is 29.7 Å². The van der Waals surface area contributed by atoms with Gasteiger partial charge in [-0.25, -0.2) is 4.68 Å². The highest BCUT2D eigenvalue weighted by molar-refractivity contribution is 6.07. The van der Waals surface area contributed by atoms with Crippen LogP contribution >= 0.6 is 0 Å². The molecule has 4 aromatic rings. The molecule has 0 saturated heterocycles. The van der Waals surface area contributed by atoms with Crippen LogP contribution in [-0.4, -0.2) is 29.8 Å². The van der Waals surface area contributed by atoms with Gasteiger partial charge in [0.15, 0.2) is 0 Å². The number of benzene rings is 3. The fourth-order valence-electron chi connectivity index (χ4n) is 4.49. The third-order valence-electron chi connectivity index (χ3n) is 6.04. The Balaban J connectivity index is 1.63. The van der Waals surface area contributed by atoms with Crippen molar-refractivity contribution in [2.45, 2.75) is 5.72 Å². The van der Waals surface area contributed by atoms with Crippen molar-refractivity contribution in [3.05, 3.63) is 84.4 Å². The highest BCUT2D eigenvalue weighted by atomic mass is 16.5. The molecule has 0 saturated carbocycles. The van der Waals surface area contributed by atoms with Crippen LogP contribution in [0.5, 0.6) is 11.5 Å². The Morgan fingerprint density at radius 2 is 1.71 bits per heavy atom. The van der Waals surface area contributed by atoms with Crippen molar-refractivity contribution in [1.82, 2.24) is 9.78 Å². The van der Waals surface area contributed by atoms with Crippen LogP contribution < -0.4 is 14.4 Å². The van der Waals surface area contributed by atoms with Crippen molar-refractivity contribution < 1.29 is 14.3 Å². The lowest BCUT2D eigenvalue weighted by molar-refractivity contribution is -0.137. The number of aromatic nitrogens is 2. The number of hydrogen-bond donors (Lipinski definition) is 0. The van der Waals surface area contributed by atoms with Gasteiger partial charge in [-0.2, -0.15) is 5.10 Å². The maximum Gasteiger partial charge on any atom is 0.310 e. The largest absolute Gasteiger partial charge is 0.497 e. The van der Waals surface area contributed by atoms with Crippen LogP contribution in [0.3, 0.4) is 0 Å². The van der Waals surface area contributed by atoms with Crippen LogP contribution in [0, 0.1) is 0 Å². The maximum atomic E-state index is 13.7. The van der Waals surface area contributed by atoms with Crippen LogP contribution in [0.1, 0.15) is 5.56 Å². The lowest BCUT2D eigenvalue weighted by Gasteiger charge is -2.35. The first-order valence-electron chi connectivity index (χ1n) is 10.0. The normalized spacial score (nSPS) is 18.4. The number of fused-ring (bicyclic) bond motifs is 6. The van der Waals surface area contributed by atoms with Gasteiger partial charge in [-0.1, -0.05) is 30.3 Å². The molecule has 2 aliphatic heterocycles. The molecule has 0 N–H and O–H groups in total. The zero-order chi connectivity index (χ0) is 21.2. The Morgan fingerprint density at radius 1 is 0.968 bits per heavy atom. The molecule has 0 bridgehead atoms. The Morgan fingerprint density at radius 3 is 2.52 bits per heavy atom. The molecule has 6 rings (SSSR count). The molecule has 6 nitrogen and oxygen atoms in total. The van der Waals surface area contributed by atoms with Crippen molar-refractivity contribution in [2.24, 2.45) is 0 Å². The van der Waals surface area contributed by atoms with E-state index in [4.69, 9.17) is 14.6 Å². The number of para-hydroxylation sites is 2. The molecule has 0 radical (unpaired) electrons. The van der Waals surface area contributed by atoms with E-state index in [1.807, 2.05) is 78.9 Å². The minimum Gasteiger partial charge on any atom is -0.497 e. The summed E-state index contributed by atoms with van der Waals surface area (Å²) in [6, 6.07) is 25.2. The highest BCUT2D eigenvalue weighted by Gasteiger charge is 2.57. The zero-order valence-corrected chi connectivity index (χ0v) is 17.1. The number of carbonyl (C=O) groups is 1. The van der Waals surface area contributed by atoms with E-state index in [2.05, 4.69) is 0 Å². The summed E-state index contributed by atoms with van der Waals surface area (Å²) in [5, 5.41) is 4.90. The van der Waals surface area contributed by atoms with Crippen molar-refractivity contribution in [1.29, 1.82) is 0 Å². The summed E-state index contributed by atoms with van der Waals surface area (Å²) < 4.78 is 13.5. The van der Waals surface area contributed by atoms with Crippen molar-refractivity contribution in [3.63, 3.8) is 0 Å². The van der Waals surface area contributed by atoms with Crippen molar-refractivity contribution in [3.8, 4) is 34.0 Å². The summed E-state index contributed by atoms with van der Waals surface area (Å²) in [5.74, 6) is 1.27. The van der Waals surface area contributed by atoms with Gasteiger partial charge < -0.3 is 14.4 Å². The zero-order valence-electron chi connectivity index (χ0n) is 17.1. The summed E-state index contributed by atoms with van der Waals surface area (Å²) in [7, 11) is 3.41. The standard InChI is InChI=1S/C25H19N3O3/c1-27-21-9-5-4-8-19(21)25(24(27)29)28-22(18-7-3-6-10-23(18)31-25)15-20(26-28)16-11-13-17(30-2)14-12-16/h3-15H,1-2H3. The number of amides is 1. The molecule has 152 valence electrons. The number of rotatable bonds is 2. The van der Waals surface area contributed by atoms with Crippen LogP contribution in [0.15, 0.2) is 78.9 Å². The number of hydrogen-bond acceptors (Lipinski definition) is 4. The van der Waals surface area contributed by atoms with E-state index in [1.54, 1.807) is 23.7 Å². The molecule has 31 heavy (non-hydrogen) atoms. The Kier molecular flexibility index (Phi) is 3.56. The van der Waals surface area contributed by atoms with Gasteiger partial charge in [0, 0.05) is 18.2 Å². The molecule has 0 aliphatic carbocycles. The van der Waals surface area contributed by atoms with Gasteiger partial charge in [-0.05, 0) is 48.5 Å². The molecular weight excluding hydrogens is 390 g/mol. The molecule has 2 aliphatic rings. The number of ether oxygens (including phenoxy) is 2. The number of anilines is 1. The molecule has 6 heteroatoms. The molecule has 0 fully saturated rings. The second-order valence-electron chi connectivity index (χ2n) is 7.68. The van der Waals surface area contributed by atoms with E-state index in [0.717, 1.165) is 39.5 Å². The molecule has 1 aromatic heterocycles. The molecule has 3 aromatic carbocycles. The monoisotopic (exact) mass is 409 g/mol. The van der Waals surface area contributed by atoms with E-state index in [-0.39, 0.29) is 5.91 Å². The molecule has 1 spiro atoms. The molecular formula is C25H19N3O3. The second-order valence-corrected chi connectivity index (χ2v) is 7.68. The van der Waals surface area contributed by atoms with E-state index in [9.17, 15) is 4.79 Å². The first-order chi connectivity index (χ1) is 15.1. The van der Waals surface area contributed by atoms with E-state index in [1.165, 1.54) is 0 Å². The van der Waals surface area contributed by atoms with E-state index >= 15 is 0 Å². The van der Waals surface area contributed by atoms with Crippen LogP contribution in [0.2, 0.25) is 0 Å². The second kappa shape index (κ2) is 6.22. The minimum absolute atomic E-state index is 0.172. The quantitative estimate of drug-likeness (QED) is 0.496. The fraction of sp³-hybridized carbons (Fsp3) is 0.120. The average Bonchev–Trinajstić information content (AvgIpc) is 3.36. The summed E-state index contributed by atoms with van der Waals surface area (Å²) in [6.07, 6.45) is 0. The summed E-state index contributed by atoms with van der Waals surface area (Å²) in [4.78, 5) is 15.3. The van der Waals surface area contributed by atoms with Gasteiger partial charge in [0.1, 0.15) is 11.5 Å². The van der Waals surface area contributed by atoms with Crippen LogP contribution in [0.4, 0.5) is 5.69 Å². The van der Waals surface area contributed by atoms with Crippen molar-refractivity contribution >= 4 is 11.6 Å². The topological polar surface area (TPSA) is 56.6 Å².